The highest BCUT2D eigenvalue weighted by Gasteiger charge is 2.27. The van der Waals surface area contributed by atoms with Crippen molar-refractivity contribution >= 4 is 5.91 Å². The van der Waals surface area contributed by atoms with Crippen LogP contribution in [-0.2, 0) is 18.4 Å². The molecule has 1 aliphatic rings. The van der Waals surface area contributed by atoms with E-state index in [-0.39, 0.29) is 18.3 Å². The van der Waals surface area contributed by atoms with Crippen molar-refractivity contribution < 1.29 is 13.9 Å². The quantitative estimate of drug-likeness (QED) is 0.770. The average molecular weight is 375 g/mol. The maximum Gasteiger partial charge on any atom is 0.260 e. The molecule has 146 valence electrons. The summed E-state index contributed by atoms with van der Waals surface area (Å²) < 4.78 is 20.6. The molecule has 0 aliphatic carbocycles. The number of hydrogen-bond acceptors (Lipinski definition) is 5. The Bertz CT molecular complexity index is 784. The van der Waals surface area contributed by atoms with Gasteiger partial charge in [-0.05, 0) is 39.1 Å². The normalized spacial score (nSPS) is 15.4. The number of rotatable bonds is 6. The topological polar surface area (TPSA) is 63.5 Å². The van der Waals surface area contributed by atoms with Crippen molar-refractivity contribution in [3.63, 3.8) is 0 Å². The summed E-state index contributed by atoms with van der Waals surface area (Å²) in [6, 6.07) is 5.82. The number of benzene rings is 1. The Morgan fingerprint density at radius 3 is 2.70 bits per heavy atom. The maximum absolute atomic E-state index is 13.2. The summed E-state index contributed by atoms with van der Waals surface area (Å²) in [5, 5.41) is 8.66. The molecule has 3 rings (SSSR count). The van der Waals surface area contributed by atoms with Gasteiger partial charge in [-0.25, -0.2) is 4.39 Å². The molecule has 0 bridgehead atoms. The molecule has 1 aromatic carbocycles. The van der Waals surface area contributed by atoms with Crippen molar-refractivity contribution in [2.24, 2.45) is 7.05 Å². The van der Waals surface area contributed by atoms with Gasteiger partial charge in [-0.3, -0.25) is 4.79 Å². The van der Waals surface area contributed by atoms with Gasteiger partial charge in [0.25, 0.3) is 5.91 Å². The lowest BCUT2D eigenvalue weighted by Crippen LogP contribution is -2.40. The van der Waals surface area contributed by atoms with Crippen molar-refractivity contribution in [1.82, 2.24) is 24.6 Å². The van der Waals surface area contributed by atoms with E-state index in [1.54, 1.807) is 17.0 Å². The molecule has 0 unspecified atom stereocenters. The predicted molar refractivity (Wildman–Crippen MR) is 98.8 cm³/mol. The fourth-order valence-corrected chi connectivity index (χ4v) is 3.33. The Labute approximate surface area is 158 Å². The van der Waals surface area contributed by atoms with E-state index in [4.69, 9.17) is 4.74 Å². The van der Waals surface area contributed by atoms with Crippen LogP contribution in [0.3, 0.4) is 0 Å². The number of carbonyl (C=O) groups excluding carboxylic acids is 1. The van der Waals surface area contributed by atoms with E-state index in [0.717, 1.165) is 31.0 Å². The number of piperidine rings is 1. The molecular formula is C19H26FN5O2. The zero-order valence-corrected chi connectivity index (χ0v) is 16.1. The van der Waals surface area contributed by atoms with Gasteiger partial charge >= 0.3 is 0 Å². The first-order valence-corrected chi connectivity index (χ1v) is 9.13. The molecule has 8 heteroatoms. The number of carbonyl (C=O) groups is 1. The van der Waals surface area contributed by atoms with Crippen molar-refractivity contribution in [2.45, 2.75) is 25.3 Å². The molecule has 2 heterocycles. The van der Waals surface area contributed by atoms with Crippen LogP contribution >= 0.6 is 0 Å². The van der Waals surface area contributed by atoms with Crippen LogP contribution in [0.2, 0.25) is 0 Å². The third kappa shape index (κ3) is 4.82. The minimum absolute atomic E-state index is 0.0783. The van der Waals surface area contributed by atoms with E-state index < -0.39 is 0 Å². The van der Waals surface area contributed by atoms with Gasteiger partial charge < -0.3 is 19.1 Å². The molecule has 1 fully saturated rings. The number of likely N-dealkylation sites (tertiary alicyclic amines) is 1. The molecule has 7 nitrogen and oxygen atoms in total. The largest absolute Gasteiger partial charge is 0.484 e. The lowest BCUT2D eigenvalue weighted by atomic mass is 9.96. The van der Waals surface area contributed by atoms with Gasteiger partial charge in [0, 0.05) is 32.1 Å². The van der Waals surface area contributed by atoms with Crippen molar-refractivity contribution in [3.05, 3.63) is 41.7 Å². The molecule has 0 atom stereocenters. The number of nitrogens with zero attached hydrogens (tertiary/aromatic N) is 5. The standard InChI is InChI=1S/C19H26FN5O2/c1-23(2)12-17-21-22-19(24(17)3)14-7-9-25(10-8-14)18(26)13-27-16-6-4-5-15(20)11-16/h4-6,11,14H,7-10,12-13H2,1-3H3. The van der Waals surface area contributed by atoms with Crippen LogP contribution in [0.1, 0.15) is 30.4 Å². The Morgan fingerprint density at radius 2 is 2.04 bits per heavy atom. The zero-order valence-electron chi connectivity index (χ0n) is 16.1. The second kappa shape index (κ2) is 8.47. The van der Waals surface area contributed by atoms with Crippen molar-refractivity contribution in [1.29, 1.82) is 0 Å². The first-order valence-electron chi connectivity index (χ1n) is 9.13. The van der Waals surface area contributed by atoms with Crippen molar-refractivity contribution in [2.75, 3.05) is 33.8 Å². The van der Waals surface area contributed by atoms with Gasteiger partial charge in [-0.2, -0.15) is 0 Å². The van der Waals surface area contributed by atoms with Crippen LogP contribution in [0.25, 0.3) is 0 Å². The van der Waals surface area contributed by atoms with E-state index in [0.29, 0.717) is 24.8 Å². The van der Waals surface area contributed by atoms with Crippen molar-refractivity contribution in [3.8, 4) is 5.75 Å². The van der Waals surface area contributed by atoms with Crippen LogP contribution in [-0.4, -0.2) is 64.3 Å². The summed E-state index contributed by atoms with van der Waals surface area (Å²) in [6.07, 6.45) is 1.69. The predicted octanol–water partition coefficient (Wildman–Crippen LogP) is 1.80. The fourth-order valence-electron chi connectivity index (χ4n) is 3.33. The highest BCUT2D eigenvalue weighted by molar-refractivity contribution is 5.77. The first kappa shape index (κ1) is 19.3. The van der Waals surface area contributed by atoms with Crippen LogP contribution in [0.15, 0.2) is 24.3 Å². The molecule has 1 aromatic heterocycles. The SMILES string of the molecule is CN(C)Cc1nnc(C2CCN(C(=O)COc3cccc(F)c3)CC2)n1C. The minimum atomic E-state index is -0.377. The van der Waals surface area contributed by atoms with Crippen LogP contribution < -0.4 is 4.74 Å². The maximum atomic E-state index is 13.2. The molecule has 1 aliphatic heterocycles. The smallest absolute Gasteiger partial charge is 0.260 e. The first-order chi connectivity index (χ1) is 12.9. The van der Waals surface area contributed by atoms with E-state index >= 15 is 0 Å². The average Bonchev–Trinajstić information content (AvgIpc) is 3.00. The number of aromatic nitrogens is 3. The van der Waals surface area contributed by atoms with E-state index in [2.05, 4.69) is 19.7 Å². The van der Waals surface area contributed by atoms with E-state index in [1.165, 1.54) is 12.1 Å². The van der Waals surface area contributed by atoms with Gasteiger partial charge in [-0.1, -0.05) is 6.07 Å². The number of hydrogen-bond donors (Lipinski definition) is 0. The Hall–Kier alpha value is -2.48. The molecule has 0 saturated carbocycles. The third-order valence-corrected chi connectivity index (χ3v) is 4.83. The fraction of sp³-hybridized carbons (Fsp3) is 0.526. The lowest BCUT2D eigenvalue weighted by molar-refractivity contribution is -0.134. The minimum Gasteiger partial charge on any atom is -0.484 e. The van der Waals surface area contributed by atoms with E-state index in [1.807, 2.05) is 21.1 Å². The summed E-state index contributed by atoms with van der Waals surface area (Å²) in [5.41, 5.74) is 0. The van der Waals surface area contributed by atoms with Gasteiger partial charge in [-0.15, -0.1) is 10.2 Å². The summed E-state index contributed by atoms with van der Waals surface area (Å²) >= 11 is 0. The summed E-state index contributed by atoms with van der Waals surface area (Å²) in [7, 11) is 6.01. The molecule has 27 heavy (non-hydrogen) atoms. The molecule has 2 aromatic rings. The van der Waals surface area contributed by atoms with Crippen LogP contribution in [0, 0.1) is 5.82 Å². The molecular weight excluding hydrogens is 349 g/mol. The van der Waals surface area contributed by atoms with Crippen LogP contribution in [0.5, 0.6) is 5.75 Å². The highest BCUT2D eigenvalue weighted by atomic mass is 19.1. The third-order valence-electron chi connectivity index (χ3n) is 4.83. The summed E-state index contributed by atoms with van der Waals surface area (Å²) in [4.78, 5) is 16.2. The second-order valence-electron chi connectivity index (χ2n) is 7.17. The second-order valence-corrected chi connectivity index (χ2v) is 7.17. The lowest BCUT2D eigenvalue weighted by Gasteiger charge is -2.31. The number of halogens is 1. The molecule has 0 N–H and O–H groups in total. The summed E-state index contributed by atoms with van der Waals surface area (Å²) in [6.45, 7) is 1.99. The molecule has 0 spiro atoms. The molecule has 0 radical (unpaired) electrons. The van der Waals surface area contributed by atoms with E-state index in [9.17, 15) is 9.18 Å². The van der Waals surface area contributed by atoms with Gasteiger partial charge in [0.15, 0.2) is 6.61 Å². The number of amides is 1. The summed E-state index contributed by atoms with van der Waals surface area (Å²) in [5.74, 6) is 2.13. The molecule has 1 amide bonds. The van der Waals surface area contributed by atoms with Gasteiger partial charge in [0.05, 0.1) is 6.54 Å². The highest BCUT2D eigenvalue weighted by Crippen LogP contribution is 2.27. The Kier molecular flexibility index (Phi) is 6.05. The van der Waals surface area contributed by atoms with Gasteiger partial charge in [0.1, 0.15) is 23.2 Å². The monoisotopic (exact) mass is 375 g/mol. The van der Waals surface area contributed by atoms with Crippen LogP contribution in [0.4, 0.5) is 4.39 Å². The molecule has 1 saturated heterocycles. The Balaban J connectivity index is 1.51. The Morgan fingerprint density at radius 1 is 1.30 bits per heavy atom. The van der Waals surface area contributed by atoms with Gasteiger partial charge in [0.2, 0.25) is 0 Å². The zero-order chi connectivity index (χ0) is 19.4. The number of ether oxygens (including phenoxy) is 1.